The summed E-state index contributed by atoms with van der Waals surface area (Å²) in [5.41, 5.74) is 3.43. The lowest BCUT2D eigenvalue weighted by Crippen LogP contribution is -2.37. The lowest BCUT2D eigenvalue weighted by Gasteiger charge is -2.29. The zero-order valence-electron chi connectivity index (χ0n) is 15.1. The Morgan fingerprint density at radius 3 is 2.59 bits per heavy atom. The van der Waals surface area contributed by atoms with E-state index in [1.807, 2.05) is 31.2 Å². The molecule has 1 N–H and O–H groups in total. The number of nitrogens with zero attached hydrogens (tertiary/aromatic N) is 1. The minimum absolute atomic E-state index is 0.205. The van der Waals surface area contributed by atoms with E-state index in [1.165, 1.54) is 5.56 Å². The van der Waals surface area contributed by atoms with Crippen molar-refractivity contribution in [3.8, 4) is 0 Å². The predicted octanol–water partition coefficient (Wildman–Crippen LogP) is 3.67. The quantitative estimate of drug-likeness (QED) is 0.707. The molecule has 0 saturated carbocycles. The predicted molar refractivity (Wildman–Crippen MR) is 105 cm³/mol. The van der Waals surface area contributed by atoms with Crippen LogP contribution in [0, 0.1) is 6.92 Å². The first kappa shape index (κ1) is 17.8. The highest BCUT2D eigenvalue weighted by Gasteiger charge is 2.30. The fourth-order valence-corrected chi connectivity index (χ4v) is 4.56. The molecular weight excluding hydrogens is 360 g/mol. The monoisotopic (exact) mass is 382 g/mol. The third-order valence-corrected chi connectivity index (χ3v) is 6.41. The van der Waals surface area contributed by atoms with Crippen molar-refractivity contribution in [1.29, 1.82) is 0 Å². The summed E-state index contributed by atoms with van der Waals surface area (Å²) in [5, 5.41) is 0. The molecule has 140 valence electrons. The number of nitrogens with one attached hydrogen (secondary N) is 1. The number of anilines is 1. The van der Waals surface area contributed by atoms with Gasteiger partial charge in [-0.2, -0.15) is 0 Å². The maximum absolute atomic E-state index is 12.7. The zero-order valence-corrected chi connectivity index (χ0v) is 15.9. The summed E-state index contributed by atoms with van der Waals surface area (Å²) in [5.74, 6) is 0.748. The van der Waals surface area contributed by atoms with Crippen LogP contribution < -0.4 is 9.62 Å². The number of rotatable bonds is 6. The molecule has 5 nitrogen and oxygen atoms in total. The molecule has 0 amide bonds. The van der Waals surface area contributed by atoms with Gasteiger partial charge in [0.05, 0.1) is 11.2 Å². The molecule has 4 rings (SSSR count). The van der Waals surface area contributed by atoms with Gasteiger partial charge in [0.1, 0.15) is 11.8 Å². The van der Waals surface area contributed by atoms with Crippen molar-refractivity contribution in [3.05, 3.63) is 83.8 Å². The Balaban J connectivity index is 1.59. The second-order valence-electron chi connectivity index (χ2n) is 6.77. The summed E-state index contributed by atoms with van der Waals surface area (Å²) in [6.07, 6.45) is 2.57. The van der Waals surface area contributed by atoms with Gasteiger partial charge >= 0.3 is 0 Å². The second-order valence-corrected chi connectivity index (χ2v) is 8.54. The first-order valence-electron chi connectivity index (χ1n) is 8.99. The van der Waals surface area contributed by atoms with Crippen LogP contribution in [-0.2, 0) is 16.4 Å². The van der Waals surface area contributed by atoms with Gasteiger partial charge in [0, 0.05) is 18.8 Å². The minimum Gasteiger partial charge on any atom is -0.467 e. The molecule has 1 aromatic heterocycles. The van der Waals surface area contributed by atoms with Gasteiger partial charge in [-0.25, -0.2) is 13.1 Å². The minimum atomic E-state index is -3.59. The standard InChI is InChI=1S/C21H22N2O3S/c1-16-8-10-18(11-9-16)27(24,25)22-15-20(21-7-4-14-26-21)23-13-12-17-5-2-3-6-19(17)23/h2-11,14,20,22H,12-13,15H2,1H3/t20-/m1/s1. The van der Waals surface area contributed by atoms with Gasteiger partial charge in [-0.1, -0.05) is 35.9 Å². The number of benzene rings is 2. The molecule has 0 radical (unpaired) electrons. The van der Waals surface area contributed by atoms with Crippen LogP contribution in [0.3, 0.4) is 0 Å². The lowest BCUT2D eigenvalue weighted by atomic mass is 10.1. The number of aryl methyl sites for hydroxylation is 1. The van der Waals surface area contributed by atoms with Crippen LogP contribution in [0.1, 0.15) is 22.9 Å². The van der Waals surface area contributed by atoms with Gasteiger partial charge in [0.2, 0.25) is 10.0 Å². The van der Waals surface area contributed by atoms with Gasteiger partial charge in [-0.05, 0) is 49.2 Å². The van der Waals surface area contributed by atoms with E-state index in [1.54, 1.807) is 30.5 Å². The Hall–Kier alpha value is -2.57. The number of furan rings is 1. The van der Waals surface area contributed by atoms with E-state index in [4.69, 9.17) is 4.42 Å². The van der Waals surface area contributed by atoms with Gasteiger partial charge in [-0.3, -0.25) is 0 Å². The molecule has 0 aliphatic carbocycles. The molecule has 1 atom stereocenters. The normalized spacial score (nSPS) is 14.9. The maximum Gasteiger partial charge on any atom is 0.240 e. The lowest BCUT2D eigenvalue weighted by molar-refractivity contribution is 0.447. The Labute approximate surface area is 159 Å². The van der Waals surface area contributed by atoms with E-state index in [0.717, 1.165) is 30.0 Å². The summed E-state index contributed by atoms with van der Waals surface area (Å²) in [7, 11) is -3.59. The van der Waals surface area contributed by atoms with E-state index in [9.17, 15) is 8.42 Å². The maximum atomic E-state index is 12.7. The summed E-state index contributed by atoms with van der Waals surface area (Å²) < 4.78 is 33.8. The van der Waals surface area contributed by atoms with Gasteiger partial charge < -0.3 is 9.32 Å². The highest BCUT2D eigenvalue weighted by Crippen LogP contribution is 2.35. The highest BCUT2D eigenvalue weighted by atomic mass is 32.2. The van der Waals surface area contributed by atoms with Crippen LogP contribution >= 0.6 is 0 Å². The Morgan fingerprint density at radius 1 is 1.07 bits per heavy atom. The number of para-hydroxylation sites is 1. The molecule has 1 aliphatic rings. The molecule has 3 aromatic rings. The molecule has 2 aromatic carbocycles. The molecule has 0 unspecified atom stereocenters. The van der Waals surface area contributed by atoms with Crippen molar-refractivity contribution in [2.24, 2.45) is 0 Å². The fraction of sp³-hybridized carbons (Fsp3) is 0.238. The van der Waals surface area contributed by atoms with E-state index >= 15 is 0 Å². The van der Waals surface area contributed by atoms with Crippen molar-refractivity contribution in [3.63, 3.8) is 0 Å². The smallest absolute Gasteiger partial charge is 0.240 e. The molecule has 0 spiro atoms. The van der Waals surface area contributed by atoms with Crippen LogP contribution in [0.2, 0.25) is 0 Å². The zero-order chi connectivity index (χ0) is 18.9. The van der Waals surface area contributed by atoms with E-state index in [-0.39, 0.29) is 17.5 Å². The van der Waals surface area contributed by atoms with Crippen LogP contribution in [0.4, 0.5) is 5.69 Å². The van der Waals surface area contributed by atoms with Crippen molar-refractivity contribution >= 4 is 15.7 Å². The fourth-order valence-electron chi connectivity index (χ4n) is 3.52. The topological polar surface area (TPSA) is 62.6 Å². The molecular formula is C21H22N2O3S. The number of fused-ring (bicyclic) bond motifs is 1. The number of sulfonamides is 1. The number of hydrogen-bond donors (Lipinski definition) is 1. The van der Waals surface area contributed by atoms with Gasteiger partial charge in [0.25, 0.3) is 0 Å². The first-order valence-corrected chi connectivity index (χ1v) is 10.5. The first-order chi connectivity index (χ1) is 13.0. The van der Waals surface area contributed by atoms with Crippen LogP contribution in [0.25, 0.3) is 0 Å². The van der Waals surface area contributed by atoms with Gasteiger partial charge in [0.15, 0.2) is 0 Å². The third-order valence-electron chi connectivity index (χ3n) is 4.97. The van der Waals surface area contributed by atoms with Crippen molar-refractivity contribution in [2.45, 2.75) is 24.3 Å². The highest BCUT2D eigenvalue weighted by molar-refractivity contribution is 7.89. The third kappa shape index (κ3) is 3.63. The largest absolute Gasteiger partial charge is 0.467 e. The molecule has 1 aliphatic heterocycles. The average molecular weight is 382 g/mol. The Bertz CT molecular complexity index is 1010. The van der Waals surface area contributed by atoms with Crippen LogP contribution in [-0.4, -0.2) is 21.5 Å². The van der Waals surface area contributed by atoms with Crippen molar-refractivity contribution < 1.29 is 12.8 Å². The van der Waals surface area contributed by atoms with E-state index in [0.29, 0.717) is 0 Å². The van der Waals surface area contributed by atoms with E-state index in [2.05, 4.69) is 21.8 Å². The van der Waals surface area contributed by atoms with Crippen molar-refractivity contribution in [1.82, 2.24) is 4.72 Å². The summed E-state index contributed by atoms with van der Waals surface area (Å²) >= 11 is 0. The molecule has 2 heterocycles. The SMILES string of the molecule is Cc1ccc(S(=O)(=O)NC[C@H](c2ccco2)N2CCc3ccccc32)cc1. The average Bonchev–Trinajstić information content (AvgIpc) is 3.33. The molecule has 0 bridgehead atoms. The Kier molecular flexibility index (Phi) is 4.76. The summed E-state index contributed by atoms with van der Waals surface area (Å²) in [4.78, 5) is 2.49. The summed E-state index contributed by atoms with van der Waals surface area (Å²) in [6, 6.07) is 18.6. The molecule has 0 fully saturated rings. The molecule has 27 heavy (non-hydrogen) atoms. The van der Waals surface area contributed by atoms with Gasteiger partial charge in [-0.15, -0.1) is 0 Å². The number of hydrogen-bond acceptors (Lipinski definition) is 4. The van der Waals surface area contributed by atoms with Crippen molar-refractivity contribution in [2.75, 3.05) is 18.0 Å². The van der Waals surface area contributed by atoms with Crippen LogP contribution in [0.5, 0.6) is 0 Å². The second kappa shape index (κ2) is 7.21. The molecule has 6 heteroatoms. The van der Waals surface area contributed by atoms with E-state index < -0.39 is 10.0 Å². The molecule has 0 saturated heterocycles. The summed E-state index contributed by atoms with van der Waals surface area (Å²) in [6.45, 7) is 3.00. The Morgan fingerprint density at radius 2 is 1.85 bits per heavy atom. The van der Waals surface area contributed by atoms with Crippen LogP contribution in [0.15, 0.2) is 76.2 Å².